The number of piperazine rings is 1. The van der Waals surface area contributed by atoms with Crippen LogP contribution in [0.3, 0.4) is 0 Å². The molecule has 182 valence electrons. The largest absolute Gasteiger partial charge is 0.478 e. The van der Waals surface area contributed by atoms with Crippen LogP contribution >= 0.6 is 11.6 Å². The molecular formula is C25H26ClFN6O2. The number of carboxylic acids is 1. The van der Waals surface area contributed by atoms with E-state index in [1.54, 1.807) is 12.1 Å². The Hall–Kier alpha value is -3.46. The Morgan fingerprint density at radius 3 is 2.40 bits per heavy atom. The minimum absolute atomic E-state index is 0.0652. The van der Waals surface area contributed by atoms with Crippen LogP contribution in [0.25, 0.3) is 11.3 Å². The van der Waals surface area contributed by atoms with Crippen molar-refractivity contribution in [2.75, 3.05) is 47.4 Å². The third-order valence-electron chi connectivity index (χ3n) is 6.62. The Balaban J connectivity index is 1.40. The van der Waals surface area contributed by atoms with Crippen LogP contribution in [0.4, 0.5) is 22.0 Å². The van der Waals surface area contributed by atoms with Crippen molar-refractivity contribution in [1.29, 1.82) is 0 Å². The van der Waals surface area contributed by atoms with Crippen LogP contribution in [0.2, 0.25) is 5.02 Å². The molecule has 4 heterocycles. The summed E-state index contributed by atoms with van der Waals surface area (Å²) in [5.74, 6) is 0.768. The summed E-state index contributed by atoms with van der Waals surface area (Å²) < 4.78 is 13.5. The van der Waals surface area contributed by atoms with Gasteiger partial charge in [-0.15, -0.1) is 0 Å². The number of carboxylic acid groups (broad SMARTS) is 1. The number of nitrogens with zero attached hydrogens (tertiary/aromatic N) is 6. The molecular weight excluding hydrogens is 471 g/mol. The first-order valence-electron chi connectivity index (χ1n) is 11.7. The van der Waals surface area contributed by atoms with Crippen molar-refractivity contribution in [2.45, 2.75) is 25.8 Å². The van der Waals surface area contributed by atoms with Crippen LogP contribution in [0.15, 0.2) is 42.6 Å². The highest BCUT2D eigenvalue weighted by atomic mass is 35.5. The Morgan fingerprint density at radius 1 is 1.06 bits per heavy atom. The molecule has 5 rings (SSSR count). The van der Waals surface area contributed by atoms with E-state index in [0.29, 0.717) is 49.0 Å². The predicted octanol–water partition coefficient (Wildman–Crippen LogP) is 4.34. The Bertz CT molecular complexity index is 1230. The monoisotopic (exact) mass is 496 g/mol. The lowest BCUT2D eigenvalue weighted by molar-refractivity contribution is 0.0696. The van der Waals surface area contributed by atoms with Crippen molar-refractivity contribution in [1.82, 2.24) is 15.0 Å². The number of anilines is 3. The lowest BCUT2D eigenvalue weighted by atomic mass is 10.1. The molecule has 0 aliphatic carbocycles. The van der Waals surface area contributed by atoms with E-state index in [9.17, 15) is 9.18 Å². The summed E-state index contributed by atoms with van der Waals surface area (Å²) in [7, 11) is 0. The zero-order valence-corrected chi connectivity index (χ0v) is 20.1. The van der Waals surface area contributed by atoms with Gasteiger partial charge in [-0.1, -0.05) is 11.6 Å². The second kappa shape index (κ2) is 9.65. The first-order valence-corrected chi connectivity index (χ1v) is 12.1. The number of benzene rings is 1. The molecule has 0 radical (unpaired) electrons. The molecule has 1 unspecified atom stereocenters. The number of aromatic nitrogens is 3. The number of carbonyl (C=O) groups is 1. The molecule has 0 bridgehead atoms. The summed E-state index contributed by atoms with van der Waals surface area (Å²) in [5.41, 5.74) is 1.67. The molecule has 2 aromatic heterocycles. The van der Waals surface area contributed by atoms with Crippen LogP contribution < -0.4 is 14.7 Å². The number of hydrogen-bond donors (Lipinski definition) is 1. The standard InChI is InChI=1S/C25H26ClFN6O2/c1-16-3-2-8-33(16)25-29-21(17-4-6-19(27)7-5-17)14-22(30-25)31-9-11-32(12-10-31)23-20(26)13-18(15-28-23)24(34)35/h4-7,13-16H,2-3,8-12H2,1H3,(H,34,35). The summed E-state index contributed by atoms with van der Waals surface area (Å²) in [5, 5.41) is 9.48. The molecule has 8 nitrogen and oxygen atoms in total. The molecule has 0 saturated carbocycles. The van der Waals surface area contributed by atoms with Gasteiger partial charge < -0.3 is 19.8 Å². The molecule has 1 N–H and O–H groups in total. The van der Waals surface area contributed by atoms with Gasteiger partial charge in [-0.3, -0.25) is 0 Å². The molecule has 1 aromatic carbocycles. The molecule has 2 saturated heterocycles. The Labute approximate surface area is 208 Å². The van der Waals surface area contributed by atoms with Gasteiger partial charge in [-0.25, -0.2) is 19.2 Å². The van der Waals surface area contributed by atoms with Gasteiger partial charge >= 0.3 is 5.97 Å². The van der Waals surface area contributed by atoms with Crippen molar-refractivity contribution in [3.05, 3.63) is 59.0 Å². The van der Waals surface area contributed by atoms with Crippen LogP contribution in [-0.2, 0) is 0 Å². The van der Waals surface area contributed by atoms with Gasteiger partial charge in [0, 0.05) is 56.6 Å². The van der Waals surface area contributed by atoms with Gasteiger partial charge in [0.05, 0.1) is 16.3 Å². The van der Waals surface area contributed by atoms with Crippen LogP contribution in [0.1, 0.15) is 30.1 Å². The maximum absolute atomic E-state index is 13.5. The van der Waals surface area contributed by atoms with E-state index in [4.69, 9.17) is 26.7 Å². The van der Waals surface area contributed by atoms with Gasteiger partial charge in [0.15, 0.2) is 0 Å². The smallest absolute Gasteiger partial charge is 0.337 e. The van der Waals surface area contributed by atoms with Gasteiger partial charge in [-0.2, -0.15) is 4.98 Å². The molecule has 0 amide bonds. The lowest BCUT2D eigenvalue weighted by Gasteiger charge is -2.36. The molecule has 10 heteroatoms. The topological polar surface area (TPSA) is 85.7 Å². The molecule has 2 aliphatic heterocycles. The fourth-order valence-electron chi connectivity index (χ4n) is 4.64. The maximum Gasteiger partial charge on any atom is 0.337 e. The number of hydrogen-bond acceptors (Lipinski definition) is 7. The van der Waals surface area contributed by atoms with E-state index < -0.39 is 5.97 Å². The normalized spacial score (nSPS) is 18.3. The fourth-order valence-corrected chi connectivity index (χ4v) is 4.92. The van der Waals surface area contributed by atoms with Gasteiger partial charge in [-0.05, 0) is 50.1 Å². The molecule has 3 aromatic rings. The number of pyridine rings is 1. The minimum Gasteiger partial charge on any atom is -0.478 e. The van der Waals surface area contributed by atoms with E-state index in [1.165, 1.54) is 24.4 Å². The third-order valence-corrected chi connectivity index (χ3v) is 6.90. The first kappa shape index (κ1) is 23.3. The first-order chi connectivity index (χ1) is 16.9. The van der Waals surface area contributed by atoms with Gasteiger partial charge in [0.1, 0.15) is 17.5 Å². The number of rotatable bonds is 5. The summed E-state index contributed by atoms with van der Waals surface area (Å²) >= 11 is 6.33. The predicted molar refractivity (Wildman–Crippen MR) is 134 cm³/mol. The molecule has 35 heavy (non-hydrogen) atoms. The number of aromatic carboxylic acids is 1. The van der Waals surface area contributed by atoms with Crippen molar-refractivity contribution in [3.8, 4) is 11.3 Å². The average Bonchev–Trinajstić information content (AvgIpc) is 3.30. The maximum atomic E-state index is 13.5. The number of halogens is 2. The highest BCUT2D eigenvalue weighted by Gasteiger charge is 2.26. The van der Waals surface area contributed by atoms with Gasteiger partial charge in [0.2, 0.25) is 5.95 Å². The minimum atomic E-state index is -1.06. The van der Waals surface area contributed by atoms with E-state index >= 15 is 0 Å². The lowest BCUT2D eigenvalue weighted by Crippen LogP contribution is -2.47. The molecule has 1 atom stereocenters. The zero-order chi connectivity index (χ0) is 24.5. The quantitative estimate of drug-likeness (QED) is 0.558. The molecule has 2 aliphatic rings. The fraction of sp³-hybridized carbons (Fsp3) is 0.360. The second-order valence-corrected chi connectivity index (χ2v) is 9.32. The Morgan fingerprint density at radius 2 is 1.77 bits per heavy atom. The van der Waals surface area contributed by atoms with Crippen LogP contribution in [0, 0.1) is 5.82 Å². The van der Waals surface area contributed by atoms with E-state index in [0.717, 1.165) is 36.5 Å². The van der Waals surface area contributed by atoms with E-state index in [1.807, 2.05) is 6.07 Å². The summed E-state index contributed by atoms with van der Waals surface area (Å²) in [6, 6.07) is 10.1. The zero-order valence-electron chi connectivity index (χ0n) is 19.4. The summed E-state index contributed by atoms with van der Waals surface area (Å²) in [6.07, 6.45) is 3.54. The van der Waals surface area contributed by atoms with Crippen LogP contribution in [-0.4, -0.2) is 64.8 Å². The third kappa shape index (κ3) is 4.86. The van der Waals surface area contributed by atoms with Gasteiger partial charge in [0.25, 0.3) is 0 Å². The SMILES string of the molecule is CC1CCCN1c1nc(-c2ccc(F)cc2)cc(N2CCN(c3ncc(C(=O)O)cc3Cl)CC2)n1. The molecule has 2 fully saturated rings. The van der Waals surface area contributed by atoms with Crippen molar-refractivity contribution in [2.24, 2.45) is 0 Å². The molecule has 0 spiro atoms. The summed E-state index contributed by atoms with van der Waals surface area (Å²) in [6.45, 7) is 5.79. The highest BCUT2D eigenvalue weighted by Crippen LogP contribution is 2.30. The van der Waals surface area contributed by atoms with Crippen molar-refractivity contribution in [3.63, 3.8) is 0 Å². The van der Waals surface area contributed by atoms with Crippen LogP contribution in [0.5, 0.6) is 0 Å². The van der Waals surface area contributed by atoms with Crippen molar-refractivity contribution < 1.29 is 14.3 Å². The van der Waals surface area contributed by atoms with E-state index in [-0.39, 0.29) is 11.4 Å². The Kier molecular flexibility index (Phi) is 6.42. The second-order valence-electron chi connectivity index (χ2n) is 8.91. The average molecular weight is 497 g/mol. The summed E-state index contributed by atoms with van der Waals surface area (Å²) in [4.78, 5) is 31.7. The highest BCUT2D eigenvalue weighted by molar-refractivity contribution is 6.33. The van der Waals surface area contributed by atoms with Crippen molar-refractivity contribution >= 4 is 35.2 Å². The van der Waals surface area contributed by atoms with E-state index in [2.05, 4.69) is 26.6 Å².